The first-order valence-corrected chi connectivity index (χ1v) is 2.94. The quantitative estimate of drug-likeness (QED) is 0.488. The SMILES string of the molecule is C=CCC1=CC=CC=[N+]1. The van der Waals surface area contributed by atoms with Crippen LogP contribution in [-0.4, -0.2) is 6.21 Å². The topological polar surface area (TPSA) is 14.1 Å². The number of rotatable bonds is 2. The van der Waals surface area contributed by atoms with E-state index in [-0.39, 0.29) is 0 Å². The van der Waals surface area contributed by atoms with Gasteiger partial charge in [0.2, 0.25) is 6.21 Å². The van der Waals surface area contributed by atoms with Crippen LogP contribution in [0.2, 0.25) is 0 Å². The predicted octanol–water partition coefficient (Wildman–Crippen LogP) is 1.42. The molecule has 0 aliphatic carbocycles. The minimum absolute atomic E-state index is 0.862. The second kappa shape index (κ2) is 3.02. The van der Waals surface area contributed by atoms with E-state index in [1.54, 1.807) is 6.21 Å². The zero-order valence-electron chi connectivity index (χ0n) is 5.25. The fraction of sp³-hybridized carbons (Fsp3) is 0.125. The third-order valence-electron chi connectivity index (χ3n) is 1.08. The van der Waals surface area contributed by atoms with Gasteiger partial charge in [0.15, 0.2) is 0 Å². The normalized spacial score (nSPS) is 15.3. The van der Waals surface area contributed by atoms with Crippen molar-refractivity contribution in [1.82, 2.24) is 4.99 Å². The minimum atomic E-state index is 0.862. The molecule has 0 aromatic rings. The molecule has 0 amide bonds. The Morgan fingerprint density at radius 3 is 3.00 bits per heavy atom. The molecule has 1 nitrogen and oxygen atoms in total. The molecule has 1 rings (SSSR count). The van der Waals surface area contributed by atoms with E-state index in [0.717, 1.165) is 12.1 Å². The third-order valence-corrected chi connectivity index (χ3v) is 1.08. The van der Waals surface area contributed by atoms with Gasteiger partial charge in [0.05, 0.1) is 11.4 Å². The van der Waals surface area contributed by atoms with Crippen LogP contribution in [0.3, 0.4) is 0 Å². The van der Waals surface area contributed by atoms with Gasteiger partial charge in [-0.2, -0.15) is 0 Å². The Morgan fingerprint density at radius 1 is 1.56 bits per heavy atom. The van der Waals surface area contributed by atoms with E-state index in [1.165, 1.54) is 0 Å². The lowest BCUT2D eigenvalue weighted by Gasteiger charge is -1.82. The lowest BCUT2D eigenvalue weighted by atomic mass is 10.2. The van der Waals surface area contributed by atoms with Crippen molar-refractivity contribution in [2.45, 2.75) is 6.42 Å². The highest BCUT2D eigenvalue weighted by atomic mass is 14.7. The second-order valence-corrected chi connectivity index (χ2v) is 1.81. The van der Waals surface area contributed by atoms with Crippen LogP contribution in [0.4, 0.5) is 0 Å². The maximum Gasteiger partial charge on any atom is 0.257 e. The van der Waals surface area contributed by atoms with E-state index in [9.17, 15) is 0 Å². The van der Waals surface area contributed by atoms with E-state index in [1.807, 2.05) is 24.3 Å². The number of aliphatic imine (C=N–C) groups is 1. The lowest BCUT2D eigenvalue weighted by Crippen LogP contribution is -1.93. The second-order valence-electron chi connectivity index (χ2n) is 1.81. The maximum atomic E-state index is 4.10. The van der Waals surface area contributed by atoms with Gasteiger partial charge in [-0.1, -0.05) is 6.08 Å². The summed E-state index contributed by atoms with van der Waals surface area (Å²) in [5.41, 5.74) is 1.08. The smallest absolute Gasteiger partial charge is 0.103 e. The first-order valence-electron chi connectivity index (χ1n) is 2.94. The number of allylic oxidation sites excluding steroid dienone is 4. The standard InChI is InChI=1S/C8H9N/c1-2-5-8-6-3-4-7-9-8/h2-4,6-7H,1,5H2/q+1. The van der Waals surface area contributed by atoms with Gasteiger partial charge in [0, 0.05) is 12.2 Å². The van der Waals surface area contributed by atoms with Crippen molar-refractivity contribution in [2.24, 2.45) is 0 Å². The third kappa shape index (κ3) is 1.68. The van der Waals surface area contributed by atoms with Crippen molar-refractivity contribution < 1.29 is 0 Å². The molecule has 0 bridgehead atoms. The summed E-state index contributed by atoms with van der Waals surface area (Å²) >= 11 is 0. The van der Waals surface area contributed by atoms with Crippen LogP contribution in [0, 0.1) is 0 Å². The minimum Gasteiger partial charge on any atom is -0.103 e. The summed E-state index contributed by atoms with van der Waals surface area (Å²) in [6, 6.07) is 0. The summed E-state index contributed by atoms with van der Waals surface area (Å²) in [4.78, 5) is 4.10. The van der Waals surface area contributed by atoms with Gasteiger partial charge in [-0.25, -0.2) is 0 Å². The van der Waals surface area contributed by atoms with Gasteiger partial charge in [-0.15, -0.1) is 6.58 Å². The molecule has 0 saturated heterocycles. The molecule has 45 valence electrons. The molecule has 9 heavy (non-hydrogen) atoms. The Morgan fingerprint density at radius 2 is 2.44 bits per heavy atom. The summed E-state index contributed by atoms with van der Waals surface area (Å²) in [7, 11) is 0. The molecule has 1 aliphatic rings. The van der Waals surface area contributed by atoms with E-state index < -0.39 is 0 Å². The van der Waals surface area contributed by atoms with Crippen LogP contribution in [0.1, 0.15) is 6.42 Å². The molecular formula is C8H9N+. The molecule has 1 heteroatoms. The molecule has 1 radical (unpaired) electrons. The van der Waals surface area contributed by atoms with E-state index in [4.69, 9.17) is 0 Å². The van der Waals surface area contributed by atoms with Crippen LogP contribution in [0.25, 0.3) is 0 Å². The molecule has 0 spiro atoms. The van der Waals surface area contributed by atoms with Crippen LogP contribution in [0.15, 0.2) is 36.6 Å². The van der Waals surface area contributed by atoms with Crippen molar-refractivity contribution in [1.29, 1.82) is 0 Å². The maximum absolute atomic E-state index is 4.10. The molecule has 0 atom stereocenters. The van der Waals surface area contributed by atoms with E-state index >= 15 is 0 Å². The van der Waals surface area contributed by atoms with Gasteiger partial charge >= 0.3 is 0 Å². The first kappa shape index (κ1) is 6.02. The molecule has 0 unspecified atom stereocenters. The zero-order valence-corrected chi connectivity index (χ0v) is 5.25. The molecule has 0 saturated carbocycles. The lowest BCUT2D eigenvalue weighted by molar-refractivity contribution is 1.09. The van der Waals surface area contributed by atoms with E-state index in [0.29, 0.717) is 0 Å². The van der Waals surface area contributed by atoms with Crippen molar-refractivity contribution >= 4 is 6.21 Å². The van der Waals surface area contributed by atoms with Crippen LogP contribution in [0.5, 0.6) is 0 Å². The Hall–Kier alpha value is -1.11. The van der Waals surface area contributed by atoms with Gasteiger partial charge < -0.3 is 0 Å². The Kier molecular flexibility index (Phi) is 2.02. The van der Waals surface area contributed by atoms with Crippen LogP contribution in [-0.2, 0) is 0 Å². The summed E-state index contributed by atoms with van der Waals surface area (Å²) in [6.07, 6.45) is 10.4. The first-order chi connectivity index (χ1) is 4.43. The molecule has 1 heterocycles. The summed E-state index contributed by atoms with van der Waals surface area (Å²) in [5, 5.41) is 0. The van der Waals surface area contributed by atoms with E-state index in [2.05, 4.69) is 11.6 Å². The molecule has 0 N–H and O–H groups in total. The highest BCUT2D eigenvalue weighted by Gasteiger charge is 2.03. The number of hydrogen-bond donors (Lipinski definition) is 0. The van der Waals surface area contributed by atoms with Crippen molar-refractivity contribution in [2.75, 3.05) is 0 Å². The van der Waals surface area contributed by atoms with Crippen molar-refractivity contribution in [3.8, 4) is 0 Å². The molecule has 1 aliphatic heterocycles. The predicted molar refractivity (Wildman–Crippen MR) is 40.2 cm³/mol. The monoisotopic (exact) mass is 119 g/mol. The van der Waals surface area contributed by atoms with Crippen LogP contribution < -0.4 is 4.99 Å². The Balaban J connectivity index is 2.60. The molecular weight excluding hydrogens is 110 g/mol. The van der Waals surface area contributed by atoms with Crippen LogP contribution >= 0.6 is 0 Å². The summed E-state index contributed by atoms with van der Waals surface area (Å²) in [6.45, 7) is 3.62. The summed E-state index contributed by atoms with van der Waals surface area (Å²) < 4.78 is 0. The summed E-state index contributed by atoms with van der Waals surface area (Å²) in [5.74, 6) is 0. The zero-order chi connectivity index (χ0) is 6.53. The molecule has 0 fully saturated rings. The molecule has 0 aromatic carbocycles. The highest BCUT2D eigenvalue weighted by Crippen LogP contribution is 1.98. The van der Waals surface area contributed by atoms with Gasteiger partial charge in [-0.05, 0) is 6.08 Å². The fourth-order valence-corrected chi connectivity index (χ4v) is 0.667. The van der Waals surface area contributed by atoms with Crippen molar-refractivity contribution in [3.63, 3.8) is 0 Å². The average molecular weight is 119 g/mol. The average Bonchev–Trinajstić information content (AvgIpc) is 1.91. The largest absolute Gasteiger partial charge is 0.257 e. The Labute approximate surface area is 55.1 Å². The number of nitrogens with zero attached hydrogens (tertiary/aromatic N) is 1. The van der Waals surface area contributed by atoms with Crippen molar-refractivity contribution in [3.05, 3.63) is 36.6 Å². The Bertz CT molecular complexity index is 185. The van der Waals surface area contributed by atoms with Gasteiger partial charge in [0.25, 0.3) is 5.70 Å². The number of hydrogen-bond acceptors (Lipinski definition) is 1. The highest BCUT2D eigenvalue weighted by molar-refractivity contribution is 5.72. The fourth-order valence-electron chi connectivity index (χ4n) is 0.667. The van der Waals surface area contributed by atoms with Gasteiger partial charge in [-0.3, -0.25) is 0 Å². The molecule has 0 aromatic heterocycles. The van der Waals surface area contributed by atoms with Gasteiger partial charge in [0.1, 0.15) is 0 Å².